The summed E-state index contributed by atoms with van der Waals surface area (Å²) in [6.07, 6.45) is 0. The number of hydrogen-bond donors (Lipinski definition) is 0. The monoisotopic (exact) mass is 348 g/mol. The molecule has 3 rings (SSSR count). The largest absolute Gasteiger partial charge is 0.349 e. The second kappa shape index (κ2) is 6.82. The molecule has 3 aromatic carbocycles. The van der Waals surface area contributed by atoms with Crippen LogP contribution < -0.4 is 5.30 Å². The van der Waals surface area contributed by atoms with Gasteiger partial charge in [-0.1, -0.05) is 54.6 Å². The molecule has 126 valence electrons. The summed E-state index contributed by atoms with van der Waals surface area (Å²) in [5, 5.41) is 0.410. The summed E-state index contributed by atoms with van der Waals surface area (Å²) in [5.41, 5.74) is 7.90. The molecule has 0 N–H and O–H groups in total. The van der Waals surface area contributed by atoms with Crippen molar-refractivity contribution in [3.05, 3.63) is 76.9 Å². The van der Waals surface area contributed by atoms with Crippen molar-refractivity contribution >= 4 is 13.0 Å². The van der Waals surface area contributed by atoms with E-state index in [1.165, 1.54) is 0 Å². The maximum Gasteiger partial charge on any atom is 0.349 e. The van der Waals surface area contributed by atoms with E-state index in [2.05, 4.69) is 0 Å². The van der Waals surface area contributed by atoms with E-state index in [0.717, 1.165) is 44.5 Å². The van der Waals surface area contributed by atoms with Gasteiger partial charge < -0.3 is 0 Å². The van der Waals surface area contributed by atoms with Crippen molar-refractivity contribution in [1.82, 2.24) is 0 Å². The minimum Gasteiger partial charge on any atom is -0.232 e. The van der Waals surface area contributed by atoms with E-state index in [4.69, 9.17) is 0 Å². The van der Waals surface area contributed by atoms with Crippen LogP contribution in [-0.4, -0.2) is 0 Å². The SMILES string of the molecule is Cc1cccc(C)c1-c1cccc(-c2c(C)cccc2C)c1P(=O)=O. The molecule has 3 heteroatoms. The third-order valence-electron chi connectivity index (χ3n) is 4.72. The molecule has 0 saturated carbocycles. The quantitative estimate of drug-likeness (QED) is 0.540. The molecule has 0 aliphatic carbocycles. The van der Waals surface area contributed by atoms with Crippen molar-refractivity contribution in [2.24, 2.45) is 0 Å². The van der Waals surface area contributed by atoms with Crippen molar-refractivity contribution in [2.75, 3.05) is 0 Å². The average Bonchev–Trinajstić information content (AvgIpc) is 2.54. The molecule has 0 unspecified atom stereocenters. The zero-order valence-electron chi connectivity index (χ0n) is 15.0. The van der Waals surface area contributed by atoms with Gasteiger partial charge >= 0.3 is 7.68 Å². The Morgan fingerprint density at radius 2 is 0.880 bits per heavy atom. The Hall–Kier alpha value is -2.44. The van der Waals surface area contributed by atoms with Crippen LogP contribution in [0.5, 0.6) is 0 Å². The summed E-state index contributed by atoms with van der Waals surface area (Å²) in [6.45, 7) is 8.09. The summed E-state index contributed by atoms with van der Waals surface area (Å²) in [5.74, 6) is 0. The summed E-state index contributed by atoms with van der Waals surface area (Å²) in [6, 6.07) is 17.9. The van der Waals surface area contributed by atoms with Gasteiger partial charge in [0.15, 0.2) is 0 Å². The lowest BCUT2D eigenvalue weighted by Gasteiger charge is -2.16. The van der Waals surface area contributed by atoms with Crippen LogP contribution in [0.1, 0.15) is 22.3 Å². The van der Waals surface area contributed by atoms with Gasteiger partial charge in [0, 0.05) is 11.1 Å². The lowest BCUT2D eigenvalue weighted by molar-refractivity contribution is 0.523. The molecule has 0 bridgehead atoms. The fourth-order valence-electron chi connectivity index (χ4n) is 3.62. The van der Waals surface area contributed by atoms with Crippen molar-refractivity contribution in [2.45, 2.75) is 27.7 Å². The van der Waals surface area contributed by atoms with Gasteiger partial charge in [-0.2, -0.15) is 0 Å². The Kier molecular flexibility index (Phi) is 4.74. The predicted molar refractivity (Wildman–Crippen MR) is 104 cm³/mol. The number of aryl methyl sites for hydroxylation is 4. The highest BCUT2D eigenvalue weighted by Crippen LogP contribution is 2.35. The van der Waals surface area contributed by atoms with E-state index in [9.17, 15) is 9.13 Å². The molecule has 0 heterocycles. The third-order valence-corrected chi connectivity index (χ3v) is 5.57. The van der Waals surface area contributed by atoms with E-state index >= 15 is 0 Å². The van der Waals surface area contributed by atoms with Crippen LogP contribution in [-0.2, 0) is 9.13 Å². The molecule has 0 spiro atoms. The van der Waals surface area contributed by atoms with Crippen LogP contribution in [0.2, 0.25) is 0 Å². The first-order chi connectivity index (χ1) is 11.9. The number of benzene rings is 3. The number of rotatable bonds is 3. The standard InChI is InChI=1S/C22H21O2P/c1-14-8-5-9-15(2)20(14)18-12-7-13-19(22(18)25(23)24)21-16(3)10-6-11-17(21)4/h5-13H,1-4H3. The first-order valence-electron chi connectivity index (χ1n) is 8.32. The normalized spacial score (nSPS) is 10.7. The minimum absolute atomic E-state index is 0.410. The Bertz CT molecular complexity index is 912. The van der Waals surface area contributed by atoms with Crippen molar-refractivity contribution in [1.29, 1.82) is 0 Å². The first-order valence-corrected chi connectivity index (χ1v) is 9.50. The molecule has 25 heavy (non-hydrogen) atoms. The lowest BCUT2D eigenvalue weighted by Crippen LogP contribution is -2.07. The van der Waals surface area contributed by atoms with Crippen molar-refractivity contribution in [3.63, 3.8) is 0 Å². The highest BCUT2D eigenvalue weighted by molar-refractivity contribution is 7.41. The highest BCUT2D eigenvalue weighted by atomic mass is 31.1. The van der Waals surface area contributed by atoms with Crippen molar-refractivity contribution in [3.8, 4) is 22.3 Å². The van der Waals surface area contributed by atoms with Gasteiger partial charge in [0.05, 0.1) is 5.30 Å². The van der Waals surface area contributed by atoms with Crippen LogP contribution in [0, 0.1) is 27.7 Å². The Morgan fingerprint density at radius 1 is 0.560 bits per heavy atom. The molecular formula is C22H21O2P. The van der Waals surface area contributed by atoms with Gasteiger partial charge in [-0.25, -0.2) is 9.13 Å². The topological polar surface area (TPSA) is 34.1 Å². The zero-order valence-corrected chi connectivity index (χ0v) is 15.9. The van der Waals surface area contributed by atoms with E-state index in [1.807, 2.05) is 82.3 Å². The minimum atomic E-state index is -2.73. The molecule has 0 aromatic heterocycles. The van der Waals surface area contributed by atoms with Gasteiger partial charge in [0.2, 0.25) is 0 Å². The predicted octanol–water partition coefficient (Wildman–Crippen LogP) is 6.05. The zero-order chi connectivity index (χ0) is 18.1. The molecule has 2 nitrogen and oxygen atoms in total. The van der Waals surface area contributed by atoms with Crippen LogP contribution in [0.3, 0.4) is 0 Å². The third kappa shape index (κ3) is 3.10. The molecule has 0 atom stereocenters. The molecule has 3 aromatic rings. The second-order valence-corrected chi connectivity index (χ2v) is 7.45. The van der Waals surface area contributed by atoms with Crippen molar-refractivity contribution < 1.29 is 9.13 Å². The fourth-order valence-corrected chi connectivity index (χ4v) is 4.39. The fraction of sp³-hybridized carbons (Fsp3) is 0.182. The first kappa shape index (κ1) is 17.4. The second-order valence-electron chi connectivity index (χ2n) is 6.49. The molecule has 0 saturated heterocycles. The molecule has 0 aliphatic rings. The van der Waals surface area contributed by atoms with Gasteiger partial charge in [-0.15, -0.1) is 0 Å². The van der Waals surface area contributed by atoms with Crippen LogP contribution in [0.25, 0.3) is 22.3 Å². The molecule has 0 amide bonds. The molecule has 0 aliphatic heterocycles. The van der Waals surface area contributed by atoms with E-state index in [-0.39, 0.29) is 0 Å². The maximum absolute atomic E-state index is 12.3. The Labute approximate surface area is 149 Å². The van der Waals surface area contributed by atoms with E-state index in [0.29, 0.717) is 5.30 Å². The van der Waals surface area contributed by atoms with Crippen LogP contribution in [0.4, 0.5) is 0 Å². The average molecular weight is 348 g/mol. The van der Waals surface area contributed by atoms with Crippen LogP contribution >= 0.6 is 7.68 Å². The summed E-state index contributed by atoms with van der Waals surface area (Å²) < 4.78 is 24.5. The van der Waals surface area contributed by atoms with Gasteiger partial charge in [-0.05, 0) is 61.1 Å². The maximum atomic E-state index is 12.3. The highest BCUT2D eigenvalue weighted by Gasteiger charge is 2.20. The smallest absolute Gasteiger partial charge is 0.232 e. The number of hydrogen-bond acceptors (Lipinski definition) is 2. The van der Waals surface area contributed by atoms with Gasteiger partial charge in [0.25, 0.3) is 0 Å². The Morgan fingerprint density at radius 3 is 1.20 bits per heavy atom. The summed E-state index contributed by atoms with van der Waals surface area (Å²) in [7, 11) is -2.73. The molecular weight excluding hydrogens is 327 g/mol. The molecule has 0 fully saturated rings. The van der Waals surface area contributed by atoms with Crippen LogP contribution in [0.15, 0.2) is 54.6 Å². The van der Waals surface area contributed by atoms with E-state index in [1.54, 1.807) is 0 Å². The summed E-state index contributed by atoms with van der Waals surface area (Å²) in [4.78, 5) is 0. The van der Waals surface area contributed by atoms with Gasteiger partial charge in [0.1, 0.15) is 0 Å². The van der Waals surface area contributed by atoms with Gasteiger partial charge in [-0.3, -0.25) is 0 Å². The van der Waals surface area contributed by atoms with E-state index < -0.39 is 7.68 Å². The summed E-state index contributed by atoms with van der Waals surface area (Å²) >= 11 is 0. The lowest BCUT2D eigenvalue weighted by atomic mass is 9.90. The Balaban J connectivity index is 2.42. The molecule has 0 radical (unpaired) electrons.